The molecule has 0 aliphatic rings. The molecular formula is C17H15ClN2O2S. The molecule has 0 aliphatic heterocycles. The maximum absolute atomic E-state index is 12.5. The quantitative estimate of drug-likeness (QED) is 0.771. The van der Waals surface area contributed by atoms with Crippen molar-refractivity contribution in [2.45, 2.75) is 19.9 Å². The summed E-state index contributed by atoms with van der Waals surface area (Å²) >= 11 is 7.36. The number of rotatable bonds is 3. The second-order valence-corrected chi connectivity index (χ2v) is 6.72. The highest BCUT2D eigenvalue weighted by molar-refractivity contribution is 7.14. The van der Waals surface area contributed by atoms with Crippen LogP contribution in [0.15, 0.2) is 47.3 Å². The van der Waals surface area contributed by atoms with Crippen molar-refractivity contribution in [3.05, 3.63) is 63.4 Å². The lowest BCUT2D eigenvalue weighted by Crippen LogP contribution is -2.28. The number of halogens is 1. The fraction of sp³-hybridized carbons (Fsp3) is 0.176. The van der Waals surface area contributed by atoms with Gasteiger partial charge < -0.3 is 5.32 Å². The molecule has 118 valence electrons. The first-order valence-electron chi connectivity index (χ1n) is 7.15. The molecule has 0 spiro atoms. The van der Waals surface area contributed by atoms with Crippen LogP contribution in [-0.4, -0.2) is 9.86 Å². The number of amides is 1. The average molecular weight is 347 g/mol. The Labute approximate surface area is 142 Å². The summed E-state index contributed by atoms with van der Waals surface area (Å²) in [5.41, 5.74) is 1.32. The molecule has 0 unspecified atom stereocenters. The average Bonchev–Trinajstić information content (AvgIpc) is 2.88. The number of aromatic nitrogens is 1. The molecule has 0 bridgehead atoms. The van der Waals surface area contributed by atoms with Crippen molar-refractivity contribution in [3.8, 4) is 0 Å². The number of carbonyl (C=O) groups excluding carboxylic acids is 1. The van der Waals surface area contributed by atoms with Crippen LogP contribution >= 0.6 is 23.1 Å². The lowest BCUT2D eigenvalue weighted by atomic mass is 10.2. The zero-order valence-corrected chi connectivity index (χ0v) is 14.2. The molecule has 3 rings (SSSR count). The minimum atomic E-state index is -0.599. The van der Waals surface area contributed by atoms with Gasteiger partial charge in [-0.2, -0.15) is 0 Å². The molecule has 1 aromatic heterocycles. The Kier molecular flexibility index (Phi) is 4.24. The molecule has 23 heavy (non-hydrogen) atoms. The van der Waals surface area contributed by atoms with E-state index in [1.54, 1.807) is 31.2 Å². The van der Waals surface area contributed by atoms with Gasteiger partial charge in [-0.05, 0) is 43.7 Å². The lowest BCUT2D eigenvalue weighted by Gasteiger charge is -2.14. The minimum absolute atomic E-state index is 0.143. The third-order valence-electron chi connectivity index (χ3n) is 3.77. The van der Waals surface area contributed by atoms with Gasteiger partial charge in [0.25, 0.3) is 5.56 Å². The van der Waals surface area contributed by atoms with Crippen LogP contribution in [0, 0.1) is 6.92 Å². The van der Waals surface area contributed by atoms with Crippen molar-refractivity contribution in [1.29, 1.82) is 0 Å². The van der Waals surface area contributed by atoms with Crippen LogP contribution in [-0.2, 0) is 4.79 Å². The zero-order valence-electron chi connectivity index (χ0n) is 12.7. The summed E-state index contributed by atoms with van der Waals surface area (Å²) in [6.45, 7) is 3.56. The van der Waals surface area contributed by atoms with Gasteiger partial charge in [0.2, 0.25) is 5.91 Å². The van der Waals surface area contributed by atoms with Gasteiger partial charge in [-0.25, -0.2) is 0 Å². The van der Waals surface area contributed by atoms with Crippen LogP contribution in [0.4, 0.5) is 5.69 Å². The SMILES string of the molecule is Cc1c(Cl)cccc1NC(=O)[C@H](C)n1sc2ccccc2c1=O. The molecule has 0 saturated heterocycles. The standard InChI is InChI=1S/C17H15ClN2O2S/c1-10-13(18)7-5-8-14(10)19-16(21)11(2)20-17(22)12-6-3-4-9-15(12)23-20/h3-9,11H,1-2H3,(H,19,21)/t11-/m0/s1. The number of nitrogens with zero attached hydrogens (tertiary/aromatic N) is 1. The number of nitrogens with one attached hydrogen (secondary N) is 1. The van der Waals surface area contributed by atoms with Gasteiger partial charge in [-0.15, -0.1) is 0 Å². The first-order valence-corrected chi connectivity index (χ1v) is 8.30. The van der Waals surface area contributed by atoms with Crippen LogP contribution in [0.5, 0.6) is 0 Å². The monoisotopic (exact) mass is 346 g/mol. The van der Waals surface area contributed by atoms with E-state index in [2.05, 4.69) is 5.32 Å². The van der Waals surface area contributed by atoms with Gasteiger partial charge in [0.1, 0.15) is 6.04 Å². The third kappa shape index (κ3) is 2.90. The van der Waals surface area contributed by atoms with Crippen LogP contribution < -0.4 is 10.9 Å². The molecule has 2 aromatic carbocycles. The van der Waals surface area contributed by atoms with Crippen LogP contribution in [0.3, 0.4) is 0 Å². The molecule has 1 atom stereocenters. The number of anilines is 1. The summed E-state index contributed by atoms with van der Waals surface area (Å²) < 4.78 is 2.37. The van der Waals surface area contributed by atoms with E-state index in [-0.39, 0.29) is 11.5 Å². The minimum Gasteiger partial charge on any atom is -0.324 e. The number of benzene rings is 2. The molecule has 0 saturated carbocycles. The molecule has 0 radical (unpaired) electrons. The van der Waals surface area contributed by atoms with Gasteiger partial charge in [-0.1, -0.05) is 41.3 Å². The first-order chi connectivity index (χ1) is 11.0. The fourth-order valence-corrected chi connectivity index (χ4v) is 3.55. The van der Waals surface area contributed by atoms with E-state index in [1.807, 2.05) is 25.1 Å². The number of hydrogen-bond donors (Lipinski definition) is 1. The predicted octanol–water partition coefficient (Wildman–Crippen LogP) is 4.22. The molecule has 1 heterocycles. The topological polar surface area (TPSA) is 51.1 Å². The van der Waals surface area contributed by atoms with E-state index in [9.17, 15) is 9.59 Å². The molecular weight excluding hydrogens is 332 g/mol. The van der Waals surface area contributed by atoms with Crippen molar-refractivity contribution in [2.75, 3.05) is 5.32 Å². The zero-order chi connectivity index (χ0) is 16.6. The summed E-state index contributed by atoms with van der Waals surface area (Å²) in [7, 11) is 0. The number of fused-ring (bicyclic) bond motifs is 1. The molecule has 3 aromatic rings. The van der Waals surface area contributed by atoms with Crippen LogP contribution in [0.25, 0.3) is 10.1 Å². The van der Waals surface area contributed by atoms with Crippen molar-refractivity contribution >= 4 is 44.8 Å². The Morgan fingerprint density at radius 3 is 2.70 bits per heavy atom. The first kappa shape index (κ1) is 15.8. The highest BCUT2D eigenvalue weighted by atomic mass is 35.5. The summed E-state index contributed by atoms with van der Waals surface area (Å²) in [6, 6.07) is 12.1. The molecule has 0 fully saturated rings. The maximum Gasteiger partial charge on any atom is 0.269 e. The second kappa shape index (κ2) is 6.18. The van der Waals surface area contributed by atoms with Crippen LogP contribution in [0.1, 0.15) is 18.5 Å². The summed E-state index contributed by atoms with van der Waals surface area (Å²) in [5, 5.41) is 4.07. The van der Waals surface area contributed by atoms with Gasteiger partial charge in [0.15, 0.2) is 0 Å². The number of hydrogen-bond acceptors (Lipinski definition) is 3. The molecule has 1 amide bonds. The third-order valence-corrected chi connectivity index (χ3v) is 5.41. The summed E-state index contributed by atoms with van der Waals surface area (Å²) in [4.78, 5) is 24.9. The Hall–Kier alpha value is -2.11. The Morgan fingerprint density at radius 2 is 1.96 bits per heavy atom. The number of carbonyl (C=O) groups is 1. The van der Waals surface area contributed by atoms with Gasteiger partial charge in [-0.3, -0.25) is 13.5 Å². The molecule has 1 N–H and O–H groups in total. The molecule has 0 aliphatic carbocycles. The Balaban J connectivity index is 1.91. The van der Waals surface area contributed by atoms with Gasteiger partial charge in [0.05, 0.1) is 10.1 Å². The van der Waals surface area contributed by atoms with Gasteiger partial charge in [0, 0.05) is 10.7 Å². The van der Waals surface area contributed by atoms with E-state index in [1.165, 1.54) is 15.5 Å². The van der Waals surface area contributed by atoms with E-state index in [0.29, 0.717) is 16.1 Å². The summed E-state index contributed by atoms with van der Waals surface area (Å²) in [5.74, 6) is -0.246. The Bertz CT molecular complexity index is 945. The second-order valence-electron chi connectivity index (χ2n) is 5.30. The highest BCUT2D eigenvalue weighted by Gasteiger charge is 2.20. The largest absolute Gasteiger partial charge is 0.324 e. The van der Waals surface area contributed by atoms with Gasteiger partial charge >= 0.3 is 0 Å². The highest BCUT2D eigenvalue weighted by Crippen LogP contribution is 2.25. The predicted molar refractivity (Wildman–Crippen MR) is 95.6 cm³/mol. The van der Waals surface area contributed by atoms with Crippen LogP contribution in [0.2, 0.25) is 5.02 Å². The molecule has 6 heteroatoms. The smallest absolute Gasteiger partial charge is 0.269 e. The van der Waals surface area contributed by atoms with E-state index >= 15 is 0 Å². The van der Waals surface area contributed by atoms with Crippen molar-refractivity contribution < 1.29 is 4.79 Å². The fourth-order valence-electron chi connectivity index (χ4n) is 2.33. The van der Waals surface area contributed by atoms with E-state index < -0.39 is 6.04 Å². The van der Waals surface area contributed by atoms with Crippen molar-refractivity contribution in [1.82, 2.24) is 3.96 Å². The van der Waals surface area contributed by atoms with E-state index in [0.717, 1.165) is 10.3 Å². The molecule has 4 nitrogen and oxygen atoms in total. The Morgan fingerprint density at radius 1 is 1.22 bits per heavy atom. The lowest BCUT2D eigenvalue weighted by molar-refractivity contribution is -0.118. The van der Waals surface area contributed by atoms with Crippen molar-refractivity contribution in [3.63, 3.8) is 0 Å². The maximum atomic E-state index is 12.5. The van der Waals surface area contributed by atoms with Crippen molar-refractivity contribution in [2.24, 2.45) is 0 Å². The van der Waals surface area contributed by atoms with E-state index in [4.69, 9.17) is 11.6 Å². The normalized spacial score (nSPS) is 12.3. The summed E-state index contributed by atoms with van der Waals surface area (Å²) in [6.07, 6.45) is 0.